The van der Waals surface area contributed by atoms with Gasteiger partial charge in [-0.2, -0.15) is 0 Å². The van der Waals surface area contributed by atoms with Crippen LogP contribution in [0.2, 0.25) is 0 Å². The molecule has 0 aliphatic rings. The van der Waals surface area contributed by atoms with Crippen LogP contribution in [-0.4, -0.2) is 14.0 Å². The molecule has 114 valence electrons. The summed E-state index contributed by atoms with van der Waals surface area (Å²) in [5.41, 5.74) is 5.95. The first-order valence-corrected chi connectivity index (χ1v) is 8.62. The van der Waals surface area contributed by atoms with Gasteiger partial charge in [-0.05, 0) is 43.4 Å². The minimum atomic E-state index is -3.57. The highest BCUT2D eigenvalue weighted by Gasteiger charge is 2.28. The highest BCUT2D eigenvalue weighted by Crippen LogP contribution is 2.26. The van der Waals surface area contributed by atoms with Gasteiger partial charge in [-0.25, -0.2) is 13.1 Å². The van der Waals surface area contributed by atoms with E-state index in [4.69, 9.17) is 5.73 Å². The van der Waals surface area contributed by atoms with Crippen LogP contribution in [0.25, 0.3) is 10.8 Å². The molecule has 0 saturated carbocycles. The van der Waals surface area contributed by atoms with E-state index in [1.165, 1.54) is 0 Å². The van der Waals surface area contributed by atoms with Crippen molar-refractivity contribution in [1.82, 2.24) is 4.72 Å². The average Bonchev–Trinajstić information content (AvgIpc) is 2.45. The number of nitrogens with one attached hydrogen (secondary N) is 1. The summed E-state index contributed by atoms with van der Waals surface area (Å²) in [6.45, 7) is 5.89. The minimum absolute atomic E-state index is 0.299. The molecule has 2 aromatic carbocycles. The van der Waals surface area contributed by atoms with E-state index in [1.807, 2.05) is 26.8 Å². The molecule has 0 aromatic heterocycles. The molecule has 2 rings (SSSR count). The molecule has 21 heavy (non-hydrogen) atoms. The molecule has 0 atom stereocenters. The molecule has 0 saturated heterocycles. The van der Waals surface area contributed by atoms with Crippen molar-refractivity contribution >= 4 is 26.5 Å². The van der Waals surface area contributed by atoms with Gasteiger partial charge < -0.3 is 5.73 Å². The summed E-state index contributed by atoms with van der Waals surface area (Å²) in [6, 6.07) is 10.5. The molecule has 0 unspecified atom stereocenters. The highest BCUT2D eigenvalue weighted by molar-refractivity contribution is 7.89. The first-order valence-electron chi connectivity index (χ1n) is 7.13. The van der Waals surface area contributed by atoms with Gasteiger partial charge in [0.1, 0.15) is 0 Å². The predicted octanol–water partition coefficient (Wildman–Crippen LogP) is 3.28. The van der Waals surface area contributed by atoms with E-state index in [1.54, 1.807) is 30.3 Å². The lowest BCUT2D eigenvalue weighted by molar-refractivity contribution is 0.389. The van der Waals surface area contributed by atoms with Crippen LogP contribution in [0.1, 0.15) is 33.6 Å². The van der Waals surface area contributed by atoms with E-state index >= 15 is 0 Å². The SMILES string of the molecule is CCC(C)(CC)NS(=O)(=O)c1cccc2cc(N)ccc12. The van der Waals surface area contributed by atoms with Gasteiger partial charge in [-0.1, -0.05) is 32.0 Å². The van der Waals surface area contributed by atoms with E-state index in [2.05, 4.69) is 4.72 Å². The third-order valence-corrected chi connectivity index (χ3v) is 5.79. The Bertz CT molecular complexity index is 750. The average molecular weight is 306 g/mol. The molecule has 0 amide bonds. The predicted molar refractivity (Wildman–Crippen MR) is 87.7 cm³/mol. The lowest BCUT2D eigenvalue weighted by atomic mass is 9.98. The van der Waals surface area contributed by atoms with E-state index in [0.717, 1.165) is 18.2 Å². The molecule has 0 aliphatic carbocycles. The van der Waals surface area contributed by atoms with Gasteiger partial charge in [-0.3, -0.25) is 0 Å². The van der Waals surface area contributed by atoms with Gasteiger partial charge in [0, 0.05) is 16.6 Å². The Hall–Kier alpha value is -1.59. The van der Waals surface area contributed by atoms with Crippen LogP contribution >= 0.6 is 0 Å². The topological polar surface area (TPSA) is 72.2 Å². The normalized spacial score (nSPS) is 12.7. The Morgan fingerprint density at radius 3 is 2.43 bits per heavy atom. The minimum Gasteiger partial charge on any atom is -0.399 e. The molecule has 0 bridgehead atoms. The third kappa shape index (κ3) is 3.19. The van der Waals surface area contributed by atoms with Crippen LogP contribution in [0.3, 0.4) is 0 Å². The van der Waals surface area contributed by atoms with E-state index < -0.39 is 15.6 Å². The van der Waals surface area contributed by atoms with Crippen molar-refractivity contribution in [2.24, 2.45) is 0 Å². The Morgan fingerprint density at radius 2 is 1.81 bits per heavy atom. The van der Waals surface area contributed by atoms with Crippen molar-refractivity contribution in [3.63, 3.8) is 0 Å². The van der Waals surface area contributed by atoms with Crippen molar-refractivity contribution in [3.05, 3.63) is 36.4 Å². The van der Waals surface area contributed by atoms with Crippen LogP contribution in [0.4, 0.5) is 5.69 Å². The molecule has 0 fully saturated rings. The van der Waals surface area contributed by atoms with Gasteiger partial charge in [0.15, 0.2) is 0 Å². The maximum Gasteiger partial charge on any atom is 0.241 e. The van der Waals surface area contributed by atoms with E-state index in [9.17, 15) is 8.42 Å². The number of nitrogens with two attached hydrogens (primary N) is 1. The van der Waals surface area contributed by atoms with Crippen LogP contribution in [0.5, 0.6) is 0 Å². The molecule has 0 spiro atoms. The fraction of sp³-hybridized carbons (Fsp3) is 0.375. The van der Waals surface area contributed by atoms with Gasteiger partial charge >= 0.3 is 0 Å². The Labute approximate surface area is 126 Å². The number of hydrogen-bond acceptors (Lipinski definition) is 3. The number of fused-ring (bicyclic) bond motifs is 1. The smallest absolute Gasteiger partial charge is 0.241 e. The molecule has 3 N–H and O–H groups in total. The fourth-order valence-electron chi connectivity index (χ4n) is 2.28. The third-order valence-electron chi connectivity index (χ3n) is 4.10. The second-order valence-corrected chi connectivity index (χ2v) is 7.26. The maximum absolute atomic E-state index is 12.7. The summed E-state index contributed by atoms with van der Waals surface area (Å²) >= 11 is 0. The summed E-state index contributed by atoms with van der Waals surface area (Å²) in [6.07, 6.45) is 1.47. The summed E-state index contributed by atoms with van der Waals surface area (Å²) < 4.78 is 28.3. The van der Waals surface area contributed by atoms with Crippen molar-refractivity contribution in [2.45, 2.75) is 44.0 Å². The van der Waals surface area contributed by atoms with Crippen LogP contribution in [-0.2, 0) is 10.0 Å². The zero-order chi connectivity index (χ0) is 15.7. The number of nitrogen functional groups attached to an aromatic ring is 1. The van der Waals surface area contributed by atoms with Crippen LogP contribution < -0.4 is 10.5 Å². The maximum atomic E-state index is 12.7. The van der Waals surface area contributed by atoms with Crippen molar-refractivity contribution in [2.75, 3.05) is 5.73 Å². The quantitative estimate of drug-likeness (QED) is 0.833. The molecule has 2 aromatic rings. The van der Waals surface area contributed by atoms with Crippen molar-refractivity contribution < 1.29 is 8.42 Å². The molecule has 0 heterocycles. The van der Waals surface area contributed by atoms with Gasteiger partial charge in [-0.15, -0.1) is 0 Å². The highest BCUT2D eigenvalue weighted by atomic mass is 32.2. The number of hydrogen-bond donors (Lipinski definition) is 2. The molecule has 5 heteroatoms. The largest absolute Gasteiger partial charge is 0.399 e. The standard InChI is InChI=1S/C16H22N2O2S/c1-4-16(3,5-2)18-21(19,20)15-8-6-7-12-11-13(17)9-10-14(12)15/h6-11,18H,4-5,17H2,1-3H3. The van der Waals surface area contributed by atoms with Gasteiger partial charge in [0.2, 0.25) is 10.0 Å². The lowest BCUT2D eigenvalue weighted by Gasteiger charge is -2.28. The monoisotopic (exact) mass is 306 g/mol. The Morgan fingerprint density at radius 1 is 1.14 bits per heavy atom. The van der Waals surface area contributed by atoms with Crippen molar-refractivity contribution in [1.29, 1.82) is 0 Å². The lowest BCUT2D eigenvalue weighted by Crippen LogP contribution is -2.44. The first kappa shape index (κ1) is 15.8. The zero-order valence-corrected chi connectivity index (χ0v) is 13.5. The summed E-state index contributed by atoms with van der Waals surface area (Å²) in [7, 11) is -3.57. The molecular weight excluding hydrogens is 284 g/mol. The van der Waals surface area contributed by atoms with E-state index in [-0.39, 0.29) is 0 Å². The van der Waals surface area contributed by atoms with E-state index in [0.29, 0.717) is 16.0 Å². The van der Waals surface area contributed by atoms with Gasteiger partial charge in [0.25, 0.3) is 0 Å². The number of anilines is 1. The summed E-state index contributed by atoms with van der Waals surface area (Å²) in [5, 5.41) is 1.52. The number of sulfonamides is 1. The van der Waals surface area contributed by atoms with Crippen LogP contribution in [0, 0.1) is 0 Å². The Kier molecular flexibility index (Phi) is 4.25. The second kappa shape index (κ2) is 5.66. The zero-order valence-electron chi connectivity index (χ0n) is 12.7. The molecular formula is C16H22N2O2S. The van der Waals surface area contributed by atoms with Crippen molar-refractivity contribution in [3.8, 4) is 0 Å². The summed E-state index contributed by atoms with van der Waals surface area (Å²) in [5.74, 6) is 0. The molecule has 0 aliphatic heterocycles. The molecule has 0 radical (unpaired) electrons. The van der Waals surface area contributed by atoms with Crippen LogP contribution in [0.15, 0.2) is 41.3 Å². The molecule has 4 nitrogen and oxygen atoms in total. The fourth-order valence-corrected chi connectivity index (χ4v) is 4.06. The Balaban J connectivity index is 2.55. The second-order valence-electron chi connectivity index (χ2n) is 5.61. The first-order chi connectivity index (χ1) is 9.81. The summed E-state index contributed by atoms with van der Waals surface area (Å²) in [4.78, 5) is 0.299. The number of benzene rings is 2. The number of rotatable bonds is 5. The van der Waals surface area contributed by atoms with Gasteiger partial charge in [0.05, 0.1) is 4.90 Å².